The Morgan fingerprint density at radius 2 is 2.04 bits per heavy atom. The van der Waals surface area contributed by atoms with Crippen molar-refractivity contribution in [3.63, 3.8) is 0 Å². The standard InChI is InChI=1S/C17H21N3O3/c21-15-8-10-22-11-13(15)14-7-4-9-20(14)17-18-16(23-19-17)12-5-2-1-3-6-12/h1-3,5-6,13-15,21H,4,7-11H2. The summed E-state index contributed by atoms with van der Waals surface area (Å²) in [6.45, 7) is 2.14. The van der Waals surface area contributed by atoms with E-state index in [1.54, 1.807) is 0 Å². The summed E-state index contributed by atoms with van der Waals surface area (Å²) < 4.78 is 11.0. The number of benzene rings is 1. The Bertz CT molecular complexity index is 646. The van der Waals surface area contributed by atoms with Gasteiger partial charge in [0.05, 0.1) is 12.7 Å². The average molecular weight is 315 g/mol. The topological polar surface area (TPSA) is 71.6 Å². The summed E-state index contributed by atoms with van der Waals surface area (Å²) in [7, 11) is 0. The maximum absolute atomic E-state index is 10.3. The molecule has 4 rings (SSSR count). The first-order valence-electron chi connectivity index (χ1n) is 8.24. The van der Waals surface area contributed by atoms with Crippen molar-refractivity contribution in [3.05, 3.63) is 30.3 Å². The smallest absolute Gasteiger partial charge is 0.266 e. The Morgan fingerprint density at radius 1 is 1.17 bits per heavy atom. The van der Waals surface area contributed by atoms with Crippen molar-refractivity contribution in [1.82, 2.24) is 10.1 Å². The van der Waals surface area contributed by atoms with Crippen LogP contribution in [-0.2, 0) is 4.74 Å². The molecular weight excluding hydrogens is 294 g/mol. The van der Waals surface area contributed by atoms with E-state index in [0.717, 1.165) is 24.9 Å². The average Bonchev–Trinajstić information content (AvgIpc) is 3.25. The Morgan fingerprint density at radius 3 is 2.87 bits per heavy atom. The summed E-state index contributed by atoms with van der Waals surface area (Å²) in [5.41, 5.74) is 0.919. The van der Waals surface area contributed by atoms with Crippen molar-refractivity contribution < 1.29 is 14.4 Å². The van der Waals surface area contributed by atoms with Crippen LogP contribution in [0.3, 0.4) is 0 Å². The molecule has 0 radical (unpaired) electrons. The van der Waals surface area contributed by atoms with Crippen LogP contribution in [0.4, 0.5) is 5.95 Å². The minimum Gasteiger partial charge on any atom is -0.393 e. The molecule has 2 aliphatic heterocycles. The molecule has 1 N–H and O–H groups in total. The summed E-state index contributed by atoms with van der Waals surface area (Å²) in [6, 6.07) is 9.99. The van der Waals surface area contributed by atoms with Crippen LogP contribution in [0.2, 0.25) is 0 Å². The van der Waals surface area contributed by atoms with Crippen LogP contribution in [0.15, 0.2) is 34.9 Å². The van der Waals surface area contributed by atoms with Gasteiger partial charge in [-0.1, -0.05) is 18.2 Å². The van der Waals surface area contributed by atoms with Gasteiger partial charge in [-0.05, 0) is 36.6 Å². The molecule has 0 amide bonds. The van der Waals surface area contributed by atoms with Gasteiger partial charge in [0.2, 0.25) is 0 Å². The van der Waals surface area contributed by atoms with E-state index in [0.29, 0.717) is 31.5 Å². The van der Waals surface area contributed by atoms with Crippen LogP contribution in [-0.4, -0.2) is 47.2 Å². The van der Waals surface area contributed by atoms with E-state index in [1.165, 1.54) is 0 Å². The number of aliphatic hydroxyl groups excluding tert-OH is 1. The van der Waals surface area contributed by atoms with Crippen molar-refractivity contribution in [2.75, 3.05) is 24.7 Å². The predicted molar refractivity (Wildman–Crippen MR) is 85.0 cm³/mol. The Balaban J connectivity index is 1.56. The highest BCUT2D eigenvalue weighted by molar-refractivity contribution is 5.54. The summed E-state index contributed by atoms with van der Waals surface area (Å²) in [5, 5.41) is 14.5. The zero-order valence-electron chi connectivity index (χ0n) is 13.0. The highest BCUT2D eigenvalue weighted by Crippen LogP contribution is 2.33. The highest BCUT2D eigenvalue weighted by atomic mass is 16.5. The number of rotatable bonds is 3. The van der Waals surface area contributed by atoms with Crippen LogP contribution in [0.1, 0.15) is 19.3 Å². The minimum atomic E-state index is -0.310. The largest absolute Gasteiger partial charge is 0.393 e. The molecule has 1 aromatic heterocycles. The molecule has 2 saturated heterocycles. The molecule has 3 heterocycles. The van der Waals surface area contributed by atoms with Gasteiger partial charge in [-0.2, -0.15) is 4.98 Å². The van der Waals surface area contributed by atoms with E-state index in [2.05, 4.69) is 15.0 Å². The molecule has 122 valence electrons. The maximum atomic E-state index is 10.3. The van der Waals surface area contributed by atoms with E-state index in [9.17, 15) is 5.11 Å². The van der Waals surface area contributed by atoms with E-state index < -0.39 is 0 Å². The van der Waals surface area contributed by atoms with Gasteiger partial charge in [-0.15, -0.1) is 0 Å². The lowest BCUT2D eigenvalue weighted by Crippen LogP contribution is -2.46. The molecule has 6 nitrogen and oxygen atoms in total. The first-order chi connectivity index (χ1) is 11.3. The molecule has 0 saturated carbocycles. The van der Waals surface area contributed by atoms with Crippen molar-refractivity contribution in [2.24, 2.45) is 5.92 Å². The van der Waals surface area contributed by atoms with Gasteiger partial charge >= 0.3 is 0 Å². The van der Waals surface area contributed by atoms with Crippen LogP contribution >= 0.6 is 0 Å². The SMILES string of the molecule is OC1CCOCC1C1CCCN1c1noc(-c2ccccc2)n1. The molecule has 0 aliphatic carbocycles. The van der Waals surface area contributed by atoms with Gasteiger partial charge in [0.1, 0.15) is 0 Å². The zero-order chi connectivity index (χ0) is 15.6. The molecular formula is C17H21N3O3. The fraction of sp³-hybridized carbons (Fsp3) is 0.529. The lowest BCUT2D eigenvalue weighted by molar-refractivity contribution is -0.0439. The second kappa shape index (κ2) is 6.29. The second-order valence-corrected chi connectivity index (χ2v) is 6.26. The van der Waals surface area contributed by atoms with E-state index in [4.69, 9.17) is 9.26 Å². The molecule has 0 spiro atoms. The Kier molecular flexibility index (Phi) is 4.01. The predicted octanol–water partition coefficient (Wildman–Crippen LogP) is 2.10. The summed E-state index contributed by atoms with van der Waals surface area (Å²) in [4.78, 5) is 6.72. The molecule has 6 heteroatoms. The third-order valence-corrected chi connectivity index (χ3v) is 4.85. The van der Waals surface area contributed by atoms with Crippen molar-refractivity contribution >= 4 is 5.95 Å². The maximum Gasteiger partial charge on any atom is 0.266 e. The molecule has 23 heavy (non-hydrogen) atoms. The van der Waals surface area contributed by atoms with Gasteiger partial charge in [0.15, 0.2) is 0 Å². The second-order valence-electron chi connectivity index (χ2n) is 6.26. The Labute approximate surface area is 135 Å². The third kappa shape index (κ3) is 2.84. The van der Waals surface area contributed by atoms with E-state index >= 15 is 0 Å². The van der Waals surface area contributed by atoms with Crippen LogP contribution in [0.5, 0.6) is 0 Å². The van der Waals surface area contributed by atoms with Crippen LogP contribution in [0, 0.1) is 5.92 Å². The van der Waals surface area contributed by atoms with Gasteiger partial charge in [0.25, 0.3) is 11.8 Å². The van der Waals surface area contributed by atoms with Gasteiger partial charge < -0.3 is 19.3 Å². The van der Waals surface area contributed by atoms with Gasteiger partial charge in [-0.3, -0.25) is 0 Å². The molecule has 3 atom stereocenters. The number of hydrogen-bond acceptors (Lipinski definition) is 6. The number of aromatic nitrogens is 2. The molecule has 0 bridgehead atoms. The third-order valence-electron chi connectivity index (χ3n) is 4.85. The Hall–Kier alpha value is -1.92. The molecule has 2 aromatic rings. The molecule has 1 aromatic carbocycles. The summed E-state index contributed by atoms with van der Waals surface area (Å²) >= 11 is 0. The van der Waals surface area contributed by atoms with Crippen molar-refractivity contribution in [1.29, 1.82) is 0 Å². The number of anilines is 1. The summed E-state index contributed by atoms with van der Waals surface area (Å²) in [5.74, 6) is 1.26. The zero-order valence-corrected chi connectivity index (χ0v) is 13.0. The fourth-order valence-corrected chi connectivity index (χ4v) is 3.63. The summed E-state index contributed by atoms with van der Waals surface area (Å²) in [6.07, 6.45) is 2.50. The quantitative estimate of drug-likeness (QED) is 0.935. The fourth-order valence-electron chi connectivity index (χ4n) is 3.63. The highest BCUT2D eigenvalue weighted by Gasteiger charge is 2.39. The minimum absolute atomic E-state index is 0.116. The first kappa shape index (κ1) is 14.7. The lowest BCUT2D eigenvalue weighted by atomic mass is 9.89. The van der Waals surface area contributed by atoms with E-state index in [-0.39, 0.29) is 18.1 Å². The molecule has 2 aliphatic rings. The number of aliphatic hydroxyl groups is 1. The normalized spacial score (nSPS) is 28.2. The molecule has 2 fully saturated rings. The molecule has 3 unspecified atom stereocenters. The van der Waals surface area contributed by atoms with Crippen LogP contribution < -0.4 is 4.90 Å². The van der Waals surface area contributed by atoms with E-state index in [1.807, 2.05) is 30.3 Å². The van der Waals surface area contributed by atoms with Crippen molar-refractivity contribution in [3.8, 4) is 11.5 Å². The number of ether oxygens (including phenoxy) is 1. The monoisotopic (exact) mass is 315 g/mol. The van der Waals surface area contributed by atoms with Gasteiger partial charge in [0, 0.05) is 30.7 Å². The van der Waals surface area contributed by atoms with Crippen molar-refractivity contribution in [2.45, 2.75) is 31.4 Å². The lowest BCUT2D eigenvalue weighted by Gasteiger charge is -2.36. The number of hydrogen-bond donors (Lipinski definition) is 1. The van der Waals surface area contributed by atoms with Crippen LogP contribution in [0.25, 0.3) is 11.5 Å². The number of nitrogens with zero attached hydrogens (tertiary/aromatic N) is 3. The first-order valence-corrected chi connectivity index (χ1v) is 8.24. The van der Waals surface area contributed by atoms with Gasteiger partial charge in [-0.25, -0.2) is 0 Å².